The standard InChI is InChI=1S/C23H18N2O3S.C22H20N2O4S/c26-22-18(23(27)28)7-3-8-19(22)25-14-16-5-1-2-9-21(16)29-17-11-10-15-6-4-12-24-20(15)13-17;1-14(25)24-16-9-11-17(12-10-16)29-20-8-3-2-5-15(20)13-23-19-7-4-6-18(21(19)26)22(27)28/h1-13,25-26H,14H2,(H,27,28);2-12,23,26H,13H2,1H3,(H,24,25)(H,27,28). The first-order chi connectivity index (χ1) is 28.0. The van der Waals surface area contributed by atoms with E-state index >= 15 is 0 Å². The molecule has 292 valence electrons. The summed E-state index contributed by atoms with van der Waals surface area (Å²) in [5.74, 6) is -2.99. The predicted molar refractivity (Wildman–Crippen MR) is 228 cm³/mol. The van der Waals surface area contributed by atoms with E-state index in [1.165, 1.54) is 19.1 Å². The zero-order valence-corrected chi connectivity index (χ0v) is 32.7. The van der Waals surface area contributed by atoms with Gasteiger partial charge in [-0.2, -0.15) is 0 Å². The first-order valence-corrected chi connectivity index (χ1v) is 19.5. The van der Waals surface area contributed by atoms with Gasteiger partial charge >= 0.3 is 11.9 Å². The molecule has 6 aromatic carbocycles. The molecule has 0 aliphatic heterocycles. The van der Waals surface area contributed by atoms with Crippen molar-refractivity contribution in [2.75, 3.05) is 16.0 Å². The number of aromatic hydroxyl groups is 2. The number of benzene rings is 6. The Hall–Kier alpha value is -6.96. The molecule has 0 aliphatic carbocycles. The van der Waals surface area contributed by atoms with Crippen molar-refractivity contribution in [3.05, 3.63) is 168 Å². The molecule has 11 nitrogen and oxygen atoms in total. The molecule has 1 amide bonds. The molecular weight excluding hydrogens is 773 g/mol. The third-order valence-corrected chi connectivity index (χ3v) is 10.9. The second-order valence-corrected chi connectivity index (χ2v) is 14.9. The second-order valence-electron chi connectivity index (χ2n) is 12.7. The zero-order chi connectivity index (χ0) is 41.0. The summed E-state index contributed by atoms with van der Waals surface area (Å²) < 4.78 is 0. The number of phenols is 2. The summed E-state index contributed by atoms with van der Waals surface area (Å²) in [6, 6.07) is 42.7. The van der Waals surface area contributed by atoms with Gasteiger partial charge < -0.3 is 36.4 Å². The van der Waals surface area contributed by atoms with E-state index in [0.29, 0.717) is 24.5 Å². The van der Waals surface area contributed by atoms with E-state index in [4.69, 9.17) is 10.2 Å². The number of anilines is 3. The lowest BCUT2D eigenvalue weighted by atomic mass is 10.1. The highest BCUT2D eigenvalue weighted by Crippen LogP contribution is 2.35. The maximum absolute atomic E-state index is 11.2. The van der Waals surface area contributed by atoms with Crippen LogP contribution in [0.25, 0.3) is 10.9 Å². The maximum Gasteiger partial charge on any atom is 0.339 e. The Morgan fingerprint density at radius 2 is 1.10 bits per heavy atom. The first kappa shape index (κ1) is 40.7. The molecular formula is C45H38N4O7S2. The molecule has 7 rings (SSSR count). The number of fused-ring (bicyclic) bond motifs is 1. The highest BCUT2D eigenvalue weighted by molar-refractivity contribution is 7.99. The quantitative estimate of drug-likeness (QED) is 0.0549. The molecule has 58 heavy (non-hydrogen) atoms. The number of carboxylic acid groups (broad SMARTS) is 2. The van der Waals surface area contributed by atoms with Crippen molar-refractivity contribution in [2.45, 2.75) is 39.6 Å². The van der Waals surface area contributed by atoms with Crippen LogP contribution in [-0.2, 0) is 17.9 Å². The van der Waals surface area contributed by atoms with Crippen LogP contribution < -0.4 is 16.0 Å². The molecule has 1 aromatic heterocycles. The summed E-state index contributed by atoms with van der Waals surface area (Å²) in [5, 5.41) is 48.7. The number of hydrogen-bond donors (Lipinski definition) is 7. The lowest BCUT2D eigenvalue weighted by Crippen LogP contribution is -2.05. The first-order valence-electron chi connectivity index (χ1n) is 17.9. The van der Waals surface area contributed by atoms with Crippen molar-refractivity contribution in [1.82, 2.24) is 4.98 Å². The van der Waals surface area contributed by atoms with Crippen LogP contribution in [0, 0.1) is 0 Å². The third-order valence-electron chi connectivity index (χ3n) is 8.62. The summed E-state index contributed by atoms with van der Waals surface area (Å²) in [5.41, 5.74) is 4.22. The van der Waals surface area contributed by atoms with Crippen LogP contribution in [0.5, 0.6) is 11.5 Å². The van der Waals surface area contributed by atoms with E-state index in [1.807, 2.05) is 84.9 Å². The average Bonchev–Trinajstić information content (AvgIpc) is 3.21. The zero-order valence-electron chi connectivity index (χ0n) is 31.0. The fourth-order valence-electron chi connectivity index (χ4n) is 5.77. The molecule has 0 atom stereocenters. The van der Waals surface area contributed by atoms with Crippen molar-refractivity contribution in [1.29, 1.82) is 0 Å². The van der Waals surface area contributed by atoms with E-state index in [1.54, 1.807) is 54.0 Å². The molecule has 13 heteroatoms. The topological polar surface area (TPSA) is 181 Å². The lowest BCUT2D eigenvalue weighted by Gasteiger charge is -2.13. The number of nitrogens with zero attached hydrogens (tertiary/aromatic N) is 1. The van der Waals surface area contributed by atoms with Crippen LogP contribution in [0.3, 0.4) is 0 Å². The molecule has 0 fully saturated rings. The Morgan fingerprint density at radius 3 is 1.64 bits per heavy atom. The molecule has 0 aliphatic rings. The SMILES string of the molecule is CC(=O)Nc1ccc(Sc2ccccc2CNc2cccc(C(=O)O)c2O)cc1.O=C(O)c1cccc(NCc2ccccc2Sc2ccc3cccnc3c2)c1O. The molecule has 7 N–H and O–H groups in total. The average molecular weight is 811 g/mol. The number of aromatic nitrogens is 1. The predicted octanol–water partition coefficient (Wildman–Crippen LogP) is 10.2. The summed E-state index contributed by atoms with van der Waals surface area (Å²) in [4.78, 5) is 42.1. The second kappa shape index (κ2) is 19.3. The Balaban J connectivity index is 0.000000196. The van der Waals surface area contributed by atoms with E-state index in [0.717, 1.165) is 47.3 Å². The number of carbonyl (C=O) groups excluding carboxylic acids is 1. The van der Waals surface area contributed by atoms with Gasteiger partial charge in [-0.1, -0.05) is 84.2 Å². The number of carbonyl (C=O) groups is 3. The monoisotopic (exact) mass is 810 g/mol. The van der Waals surface area contributed by atoms with Crippen LogP contribution in [-0.4, -0.2) is 43.3 Å². The summed E-state index contributed by atoms with van der Waals surface area (Å²) in [7, 11) is 0. The molecule has 0 saturated carbocycles. The molecule has 0 unspecified atom stereocenters. The number of carboxylic acids is 2. The van der Waals surface area contributed by atoms with Gasteiger partial charge in [-0.05, 0) is 90.0 Å². The van der Waals surface area contributed by atoms with Gasteiger partial charge in [0.1, 0.15) is 11.1 Å². The van der Waals surface area contributed by atoms with Gasteiger partial charge in [-0.25, -0.2) is 9.59 Å². The van der Waals surface area contributed by atoms with Crippen LogP contribution in [0.1, 0.15) is 38.8 Å². The van der Waals surface area contributed by atoms with Gasteiger partial charge in [0.2, 0.25) is 5.91 Å². The molecule has 0 bridgehead atoms. The van der Waals surface area contributed by atoms with Gasteiger partial charge in [0.25, 0.3) is 0 Å². The summed E-state index contributed by atoms with van der Waals surface area (Å²) >= 11 is 3.22. The molecule has 0 spiro atoms. The van der Waals surface area contributed by atoms with Crippen molar-refractivity contribution in [3.8, 4) is 11.5 Å². The van der Waals surface area contributed by atoms with Gasteiger partial charge in [0.05, 0.1) is 16.9 Å². The number of nitrogens with one attached hydrogen (secondary N) is 3. The minimum atomic E-state index is -1.18. The van der Waals surface area contributed by atoms with Crippen molar-refractivity contribution in [3.63, 3.8) is 0 Å². The highest BCUT2D eigenvalue weighted by Gasteiger charge is 2.15. The molecule has 1 heterocycles. The minimum Gasteiger partial charge on any atom is -0.505 e. The summed E-state index contributed by atoms with van der Waals surface area (Å²) in [6.45, 7) is 2.34. The number of aromatic carboxylic acids is 2. The van der Waals surface area contributed by atoms with Gasteiger partial charge in [0.15, 0.2) is 11.5 Å². The Kier molecular flexibility index (Phi) is 13.5. The van der Waals surface area contributed by atoms with Gasteiger partial charge in [-0.3, -0.25) is 9.78 Å². The molecule has 7 aromatic rings. The van der Waals surface area contributed by atoms with Crippen molar-refractivity contribution >= 4 is 69.3 Å². The highest BCUT2D eigenvalue weighted by atomic mass is 32.2. The smallest absolute Gasteiger partial charge is 0.339 e. The Bertz CT molecular complexity index is 2580. The lowest BCUT2D eigenvalue weighted by molar-refractivity contribution is -0.114. The number of pyridine rings is 1. The van der Waals surface area contributed by atoms with Gasteiger partial charge in [-0.15, -0.1) is 0 Å². The largest absolute Gasteiger partial charge is 0.505 e. The van der Waals surface area contributed by atoms with E-state index in [-0.39, 0.29) is 28.5 Å². The fraction of sp³-hybridized carbons (Fsp3) is 0.0667. The van der Waals surface area contributed by atoms with Crippen LogP contribution in [0.2, 0.25) is 0 Å². The van der Waals surface area contributed by atoms with E-state index in [9.17, 15) is 24.6 Å². The van der Waals surface area contributed by atoms with Crippen LogP contribution in [0.15, 0.2) is 165 Å². The van der Waals surface area contributed by atoms with Crippen LogP contribution in [0.4, 0.5) is 17.1 Å². The Morgan fingerprint density at radius 1 is 0.586 bits per heavy atom. The van der Waals surface area contributed by atoms with E-state index in [2.05, 4.69) is 39.1 Å². The molecule has 0 radical (unpaired) electrons. The maximum atomic E-state index is 11.2. The molecule has 0 saturated heterocycles. The normalized spacial score (nSPS) is 10.6. The third kappa shape index (κ3) is 10.7. The number of amides is 1. The van der Waals surface area contributed by atoms with Crippen molar-refractivity contribution in [2.24, 2.45) is 0 Å². The Labute approximate surface area is 342 Å². The van der Waals surface area contributed by atoms with Crippen LogP contribution >= 0.6 is 23.5 Å². The number of hydrogen-bond acceptors (Lipinski definition) is 10. The van der Waals surface area contributed by atoms with Gasteiger partial charge in [0, 0.05) is 56.9 Å². The number of rotatable bonds is 13. The minimum absolute atomic E-state index is 0.114. The van der Waals surface area contributed by atoms with E-state index < -0.39 is 11.9 Å². The fourth-order valence-corrected chi connectivity index (χ4v) is 7.69. The summed E-state index contributed by atoms with van der Waals surface area (Å²) in [6.07, 6.45) is 1.78. The van der Waals surface area contributed by atoms with Crippen molar-refractivity contribution < 1.29 is 34.8 Å². The number of para-hydroxylation sites is 2.